The summed E-state index contributed by atoms with van der Waals surface area (Å²) in [6, 6.07) is 6.82. The Morgan fingerprint density at radius 2 is 2.15 bits per heavy atom. The minimum Gasteiger partial charge on any atom is -0.494 e. The average Bonchev–Trinajstić information content (AvgIpc) is 3.00. The van der Waals surface area contributed by atoms with E-state index in [1.165, 1.54) is 4.88 Å². The van der Waals surface area contributed by atoms with Gasteiger partial charge in [-0.25, -0.2) is 4.57 Å². The third-order valence-electron chi connectivity index (χ3n) is 4.61. The molecular weight excluding hydrogens is 368 g/mol. The maximum Gasteiger partial charge on any atom is 0.270 e. The normalized spacial score (nSPS) is 13.6. The van der Waals surface area contributed by atoms with E-state index in [2.05, 4.69) is 4.98 Å². The van der Waals surface area contributed by atoms with Gasteiger partial charge in [0.1, 0.15) is 10.6 Å². The van der Waals surface area contributed by atoms with Crippen LogP contribution in [0.15, 0.2) is 29.1 Å². The molecule has 3 aromatic rings. The molecular formula is C19H18N2O3S2. The highest BCUT2D eigenvalue weighted by Gasteiger charge is 2.22. The zero-order valence-corrected chi connectivity index (χ0v) is 16.0. The van der Waals surface area contributed by atoms with Crippen molar-refractivity contribution in [2.75, 3.05) is 6.61 Å². The lowest BCUT2D eigenvalue weighted by Crippen LogP contribution is -2.29. The van der Waals surface area contributed by atoms with Gasteiger partial charge < -0.3 is 9.72 Å². The number of aromatic amines is 1. The van der Waals surface area contributed by atoms with Crippen LogP contribution in [0.3, 0.4) is 0 Å². The van der Waals surface area contributed by atoms with E-state index in [-0.39, 0.29) is 10.3 Å². The molecule has 2 heterocycles. The van der Waals surface area contributed by atoms with E-state index in [0.29, 0.717) is 23.3 Å². The minimum atomic E-state index is -0.435. The van der Waals surface area contributed by atoms with Crippen molar-refractivity contribution in [1.82, 2.24) is 9.55 Å². The molecule has 7 heteroatoms. The molecule has 0 aliphatic heterocycles. The van der Waals surface area contributed by atoms with Crippen molar-refractivity contribution in [2.24, 2.45) is 0 Å². The fourth-order valence-electron chi connectivity index (χ4n) is 3.44. The summed E-state index contributed by atoms with van der Waals surface area (Å²) in [7, 11) is 0. The van der Waals surface area contributed by atoms with Crippen molar-refractivity contribution in [1.29, 1.82) is 0 Å². The number of benzene rings is 1. The first-order chi connectivity index (χ1) is 12.6. The summed E-state index contributed by atoms with van der Waals surface area (Å²) < 4.78 is 6.66. The van der Waals surface area contributed by atoms with Crippen molar-refractivity contribution in [3.8, 4) is 5.75 Å². The van der Waals surface area contributed by atoms with Crippen LogP contribution in [0.1, 0.15) is 40.6 Å². The zero-order chi connectivity index (χ0) is 18.3. The Hall–Kier alpha value is -2.25. The van der Waals surface area contributed by atoms with Crippen LogP contribution in [0.2, 0.25) is 0 Å². The van der Waals surface area contributed by atoms with Crippen molar-refractivity contribution < 1.29 is 9.53 Å². The van der Waals surface area contributed by atoms with Gasteiger partial charge >= 0.3 is 0 Å². The lowest BCUT2D eigenvalue weighted by Gasteiger charge is -2.11. The van der Waals surface area contributed by atoms with Gasteiger partial charge in [0.05, 0.1) is 12.0 Å². The maximum atomic E-state index is 13.1. The molecule has 4 rings (SSSR count). The number of hydrogen-bond acceptors (Lipinski definition) is 5. The van der Waals surface area contributed by atoms with E-state index >= 15 is 0 Å². The molecule has 0 bridgehead atoms. The highest BCUT2D eigenvalue weighted by Crippen LogP contribution is 2.33. The van der Waals surface area contributed by atoms with Gasteiger partial charge in [-0.15, -0.1) is 11.3 Å². The number of rotatable bonds is 3. The molecule has 0 spiro atoms. The number of nitrogens with zero attached hydrogens (tertiary/aromatic N) is 1. The summed E-state index contributed by atoms with van der Waals surface area (Å²) in [5, 5.41) is 0.618. The number of nitrogens with one attached hydrogen (secondary N) is 1. The van der Waals surface area contributed by atoms with Crippen LogP contribution in [-0.4, -0.2) is 22.1 Å². The largest absolute Gasteiger partial charge is 0.494 e. The van der Waals surface area contributed by atoms with Gasteiger partial charge in [0.25, 0.3) is 11.5 Å². The van der Waals surface area contributed by atoms with E-state index in [1.807, 2.05) is 6.92 Å². The van der Waals surface area contributed by atoms with E-state index in [9.17, 15) is 9.59 Å². The summed E-state index contributed by atoms with van der Waals surface area (Å²) in [6.45, 7) is 2.38. The molecule has 0 saturated carbocycles. The van der Waals surface area contributed by atoms with Crippen LogP contribution in [0.25, 0.3) is 10.2 Å². The molecule has 0 saturated heterocycles. The van der Waals surface area contributed by atoms with Gasteiger partial charge in [0.15, 0.2) is 4.77 Å². The number of carbonyl (C=O) groups excluding carboxylic acids is 1. The molecule has 1 aromatic carbocycles. The van der Waals surface area contributed by atoms with Gasteiger partial charge in [0, 0.05) is 10.4 Å². The van der Waals surface area contributed by atoms with Gasteiger partial charge in [-0.05, 0) is 68.6 Å². The Morgan fingerprint density at radius 3 is 2.96 bits per heavy atom. The van der Waals surface area contributed by atoms with Crippen LogP contribution in [0, 0.1) is 4.77 Å². The second-order valence-electron chi connectivity index (χ2n) is 6.25. The van der Waals surface area contributed by atoms with E-state index < -0.39 is 5.91 Å². The molecule has 26 heavy (non-hydrogen) atoms. The first-order valence-corrected chi connectivity index (χ1v) is 9.89. The standard InChI is InChI=1S/C19H18N2O3S2/c1-2-24-12-7-5-6-11(10-12)17(22)21-18(23)15-13-8-3-4-9-14(13)26-16(15)20-19(21)25/h5-7,10H,2-4,8-9H2,1H3,(H,20,25). The molecule has 0 radical (unpaired) electrons. The van der Waals surface area contributed by atoms with Crippen LogP contribution in [0.4, 0.5) is 0 Å². The highest BCUT2D eigenvalue weighted by atomic mass is 32.1. The molecule has 1 aliphatic rings. The SMILES string of the molecule is CCOc1cccc(C(=O)n2c(=S)[nH]c3sc4c(c3c2=O)CCCC4)c1. The van der Waals surface area contributed by atoms with Crippen molar-refractivity contribution in [3.05, 3.63) is 55.4 Å². The average molecular weight is 386 g/mol. The number of carbonyl (C=O) groups is 1. The zero-order valence-electron chi connectivity index (χ0n) is 14.3. The Kier molecular flexibility index (Phi) is 4.50. The topological polar surface area (TPSA) is 64.1 Å². The van der Waals surface area contributed by atoms with Crippen molar-refractivity contribution >= 4 is 39.7 Å². The third-order valence-corrected chi connectivity index (χ3v) is 6.10. The minimum absolute atomic E-state index is 0.132. The summed E-state index contributed by atoms with van der Waals surface area (Å²) >= 11 is 6.92. The summed E-state index contributed by atoms with van der Waals surface area (Å²) in [6.07, 6.45) is 4.07. The number of H-pyrrole nitrogens is 1. The third kappa shape index (κ3) is 2.81. The number of aromatic nitrogens is 2. The van der Waals surface area contributed by atoms with Crippen LogP contribution < -0.4 is 10.3 Å². The number of aryl methyl sites for hydroxylation is 2. The molecule has 5 nitrogen and oxygen atoms in total. The molecule has 0 atom stereocenters. The smallest absolute Gasteiger partial charge is 0.270 e. The predicted molar refractivity (Wildman–Crippen MR) is 105 cm³/mol. The second-order valence-corrected chi connectivity index (χ2v) is 7.74. The summed E-state index contributed by atoms with van der Waals surface area (Å²) in [4.78, 5) is 31.2. The number of thiophene rings is 1. The predicted octanol–water partition coefficient (Wildman–Crippen LogP) is 4.09. The van der Waals surface area contributed by atoms with Gasteiger partial charge in [-0.2, -0.15) is 0 Å². The fourth-order valence-corrected chi connectivity index (χ4v) is 5.05. The summed E-state index contributed by atoms with van der Waals surface area (Å²) in [5.41, 5.74) is 1.13. The second kappa shape index (κ2) is 6.81. The van der Waals surface area contributed by atoms with Gasteiger partial charge in [-0.3, -0.25) is 9.59 Å². The number of ether oxygens (including phenoxy) is 1. The van der Waals surface area contributed by atoms with Crippen molar-refractivity contribution in [3.63, 3.8) is 0 Å². The lowest BCUT2D eigenvalue weighted by molar-refractivity contribution is 0.0953. The van der Waals surface area contributed by atoms with Gasteiger partial charge in [0.2, 0.25) is 0 Å². The highest BCUT2D eigenvalue weighted by molar-refractivity contribution is 7.71. The fraction of sp³-hybridized carbons (Fsp3) is 0.316. The number of hydrogen-bond donors (Lipinski definition) is 1. The summed E-state index contributed by atoms with van der Waals surface area (Å²) in [5.74, 6) is 0.158. The van der Waals surface area contributed by atoms with Crippen LogP contribution >= 0.6 is 23.6 Å². The maximum absolute atomic E-state index is 13.1. The quantitative estimate of drug-likeness (QED) is 0.689. The van der Waals surface area contributed by atoms with Crippen LogP contribution in [-0.2, 0) is 12.8 Å². The van der Waals surface area contributed by atoms with Crippen LogP contribution in [0.5, 0.6) is 5.75 Å². The molecule has 1 aliphatic carbocycles. The van der Waals surface area contributed by atoms with Gasteiger partial charge in [-0.1, -0.05) is 6.07 Å². The van der Waals surface area contributed by atoms with E-state index in [1.54, 1.807) is 35.6 Å². The molecule has 0 amide bonds. The number of fused-ring (bicyclic) bond motifs is 3. The molecule has 0 unspecified atom stereocenters. The molecule has 0 fully saturated rings. The Bertz CT molecular complexity index is 1120. The lowest BCUT2D eigenvalue weighted by atomic mass is 9.97. The van der Waals surface area contributed by atoms with Crippen molar-refractivity contribution in [2.45, 2.75) is 32.6 Å². The Balaban J connectivity index is 1.89. The Labute approximate surface area is 159 Å². The monoisotopic (exact) mass is 386 g/mol. The molecule has 2 aromatic heterocycles. The first kappa shape index (κ1) is 17.2. The molecule has 1 N–H and O–H groups in total. The molecule has 134 valence electrons. The van der Waals surface area contributed by atoms with E-state index in [4.69, 9.17) is 17.0 Å². The Morgan fingerprint density at radius 1 is 1.35 bits per heavy atom. The van der Waals surface area contributed by atoms with E-state index in [0.717, 1.165) is 40.6 Å². The first-order valence-electron chi connectivity index (χ1n) is 8.67.